The molecule has 0 unspecified atom stereocenters. The average Bonchev–Trinajstić information content (AvgIpc) is 2.76. The van der Waals surface area contributed by atoms with Crippen LogP contribution in [0.5, 0.6) is 5.75 Å². The van der Waals surface area contributed by atoms with Crippen molar-refractivity contribution in [1.82, 2.24) is 14.9 Å². The summed E-state index contributed by atoms with van der Waals surface area (Å²) in [5.74, 6) is 0.789. The molecule has 2 aromatic carbocycles. The second-order valence-electron chi connectivity index (χ2n) is 6.72. The first-order valence-corrected chi connectivity index (χ1v) is 10.6. The molecule has 0 fully saturated rings. The van der Waals surface area contributed by atoms with Gasteiger partial charge in [-0.25, -0.2) is 4.98 Å². The molecule has 1 heterocycles. The second-order valence-corrected chi connectivity index (χ2v) is 7.66. The number of amides is 1. The van der Waals surface area contributed by atoms with Crippen LogP contribution in [0, 0.1) is 0 Å². The third-order valence-corrected chi connectivity index (χ3v) is 5.76. The molecule has 1 amide bonds. The Labute approximate surface area is 174 Å². The van der Waals surface area contributed by atoms with Crippen LogP contribution in [0.3, 0.4) is 0 Å². The molecule has 0 saturated carbocycles. The van der Waals surface area contributed by atoms with Crippen molar-refractivity contribution in [2.45, 2.75) is 38.0 Å². The van der Waals surface area contributed by atoms with E-state index in [1.165, 1.54) is 11.8 Å². The van der Waals surface area contributed by atoms with E-state index in [1.807, 2.05) is 56.3 Å². The minimum Gasteiger partial charge on any atom is -0.496 e. The molecule has 0 aliphatic carbocycles. The lowest BCUT2D eigenvalue weighted by molar-refractivity contribution is -0.118. The van der Waals surface area contributed by atoms with Gasteiger partial charge < -0.3 is 10.1 Å². The standard InChI is InChI=1S/C22H25N3O3S/c1-4-15(2)25-21(27)17-10-6-7-11-18(17)24-22(25)29-14-20(26)23-13-16-9-5-8-12-19(16)28-3/h5-12,15H,4,13-14H2,1-3H3,(H,23,26)/t15-/m0/s1. The van der Waals surface area contributed by atoms with E-state index in [4.69, 9.17) is 4.74 Å². The molecule has 0 spiro atoms. The zero-order valence-electron chi connectivity index (χ0n) is 16.8. The molecule has 1 aromatic heterocycles. The third-order valence-electron chi connectivity index (χ3n) is 4.81. The van der Waals surface area contributed by atoms with Crippen molar-refractivity contribution >= 4 is 28.6 Å². The highest BCUT2D eigenvalue weighted by atomic mass is 32.2. The zero-order valence-corrected chi connectivity index (χ0v) is 17.7. The van der Waals surface area contributed by atoms with Crippen LogP contribution in [0.2, 0.25) is 0 Å². The van der Waals surface area contributed by atoms with Gasteiger partial charge >= 0.3 is 0 Å². The van der Waals surface area contributed by atoms with Gasteiger partial charge in [-0.15, -0.1) is 0 Å². The van der Waals surface area contributed by atoms with Gasteiger partial charge in [0.2, 0.25) is 5.91 Å². The number of hydrogen-bond acceptors (Lipinski definition) is 5. The van der Waals surface area contributed by atoms with Crippen molar-refractivity contribution in [1.29, 1.82) is 0 Å². The van der Waals surface area contributed by atoms with E-state index in [2.05, 4.69) is 10.3 Å². The summed E-state index contributed by atoms with van der Waals surface area (Å²) >= 11 is 1.28. The lowest BCUT2D eigenvalue weighted by atomic mass is 10.2. The highest BCUT2D eigenvalue weighted by molar-refractivity contribution is 7.99. The number of rotatable bonds is 8. The highest BCUT2D eigenvalue weighted by Gasteiger charge is 2.16. The Bertz CT molecular complexity index is 1060. The number of thioether (sulfide) groups is 1. The minimum atomic E-state index is -0.126. The van der Waals surface area contributed by atoms with Crippen molar-refractivity contribution in [3.63, 3.8) is 0 Å². The molecule has 0 aliphatic heterocycles. The molecule has 1 N–H and O–H groups in total. The predicted molar refractivity (Wildman–Crippen MR) is 117 cm³/mol. The molecule has 0 bridgehead atoms. The van der Waals surface area contributed by atoms with Crippen LogP contribution < -0.4 is 15.6 Å². The van der Waals surface area contributed by atoms with Crippen LogP contribution in [0.25, 0.3) is 10.9 Å². The molecule has 29 heavy (non-hydrogen) atoms. The number of methoxy groups -OCH3 is 1. The number of fused-ring (bicyclic) bond motifs is 1. The minimum absolute atomic E-state index is 0.00116. The zero-order chi connectivity index (χ0) is 20.8. The van der Waals surface area contributed by atoms with E-state index in [9.17, 15) is 9.59 Å². The van der Waals surface area contributed by atoms with Crippen LogP contribution in [-0.4, -0.2) is 28.3 Å². The molecule has 3 rings (SSSR count). The number of aromatic nitrogens is 2. The number of hydrogen-bond donors (Lipinski definition) is 1. The normalized spacial score (nSPS) is 12.0. The van der Waals surface area contributed by atoms with Gasteiger partial charge in [-0.2, -0.15) is 0 Å². The van der Waals surface area contributed by atoms with E-state index < -0.39 is 0 Å². The van der Waals surface area contributed by atoms with E-state index in [0.717, 1.165) is 17.7 Å². The maximum atomic E-state index is 13.0. The molecule has 7 heteroatoms. The largest absolute Gasteiger partial charge is 0.496 e. The fraction of sp³-hybridized carbons (Fsp3) is 0.318. The first kappa shape index (κ1) is 20.9. The quantitative estimate of drug-likeness (QED) is 0.451. The number of ether oxygens (including phenoxy) is 1. The van der Waals surface area contributed by atoms with Crippen molar-refractivity contribution in [2.75, 3.05) is 12.9 Å². The molecule has 3 aromatic rings. The first-order chi connectivity index (χ1) is 14.0. The highest BCUT2D eigenvalue weighted by Crippen LogP contribution is 2.22. The van der Waals surface area contributed by atoms with Gasteiger partial charge in [0.15, 0.2) is 5.16 Å². The van der Waals surface area contributed by atoms with Gasteiger partial charge in [0.25, 0.3) is 5.56 Å². The van der Waals surface area contributed by atoms with E-state index in [-0.39, 0.29) is 23.3 Å². The topological polar surface area (TPSA) is 73.2 Å². The summed E-state index contributed by atoms with van der Waals surface area (Å²) in [7, 11) is 1.61. The van der Waals surface area contributed by atoms with Gasteiger partial charge in [-0.3, -0.25) is 14.2 Å². The SMILES string of the molecule is CC[C@H](C)n1c(SCC(=O)NCc2ccccc2OC)nc2ccccc2c1=O. The van der Waals surface area contributed by atoms with Crippen LogP contribution in [0.1, 0.15) is 31.9 Å². The summed E-state index contributed by atoms with van der Waals surface area (Å²) in [5.41, 5.74) is 1.49. The number of nitrogens with zero attached hydrogens (tertiary/aromatic N) is 2. The summed E-state index contributed by atoms with van der Waals surface area (Å²) < 4.78 is 7.01. The van der Waals surface area contributed by atoms with Crippen LogP contribution >= 0.6 is 11.8 Å². The Morgan fingerprint density at radius 1 is 1.21 bits per heavy atom. The summed E-state index contributed by atoms with van der Waals surface area (Å²) in [5, 5.41) is 4.06. The van der Waals surface area contributed by atoms with Crippen molar-refractivity contribution < 1.29 is 9.53 Å². The summed E-state index contributed by atoms with van der Waals surface area (Å²) in [6.45, 7) is 4.40. The first-order valence-electron chi connectivity index (χ1n) is 9.57. The van der Waals surface area contributed by atoms with E-state index >= 15 is 0 Å². The fourth-order valence-electron chi connectivity index (χ4n) is 3.02. The van der Waals surface area contributed by atoms with Gasteiger partial charge in [0, 0.05) is 18.2 Å². The Hall–Kier alpha value is -2.80. The third kappa shape index (κ3) is 4.79. The molecule has 1 atom stereocenters. The monoisotopic (exact) mass is 411 g/mol. The van der Waals surface area contributed by atoms with Gasteiger partial charge in [-0.1, -0.05) is 49.0 Å². The summed E-state index contributed by atoms with van der Waals surface area (Å²) in [6, 6.07) is 14.9. The van der Waals surface area contributed by atoms with Crippen LogP contribution in [0.4, 0.5) is 0 Å². The number of nitrogens with one attached hydrogen (secondary N) is 1. The Morgan fingerprint density at radius 2 is 1.93 bits per heavy atom. The van der Waals surface area contributed by atoms with Crippen molar-refractivity contribution in [3.05, 3.63) is 64.4 Å². The number of para-hydroxylation sites is 2. The van der Waals surface area contributed by atoms with Crippen LogP contribution in [-0.2, 0) is 11.3 Å². The lowest BCUT2D eigenvalue weighted by Crippen LogP contribution is -2.28. The Morgan fingerprint density at radius 3 is 2.69 bits per heavy atom. The summed E-state index contributed by atoms with van der Waals surface area (Å²) in [6.07, 6.45) is 0.799. The molecule has 0 aliphatic rings. The van der Waals surface area contributed by atoms with E-state index in [1.54, 1.807) is 17.7 Å². The molecule has 0 saturated heterocycles. The molecular weight excluding hydrogens is 386 g/mol. The smallest absolute Gasteiger partial charge is 0.262 e. The fourth-order valence-corrected chi connectivity index (χ4v) is 3.95. The molecule has 0 radical (unpaired) electrons. The predicted octanol–water partition coefficient (Wildman–Crippen LogP) is 3.78. The Balaban J connectivity index is 1.75. The molecular formula is C22H25N3O3S. The van der Waals surface area contributed by atoms with Crippen LogP contribution in [0.15, 0.2) is 58.5 Å². The molecule has 6 nitrogen and oxygen atoms in total. The maximum absolute atomic E-state index is 13.0. The Kier molecular flexibility index (Phi) is 6.93. The molecule has 152 valence electrons. The summed E-state index contributed by atoms with van der Waals surface area (Å²) in [4.78, 5) is 30.0. The van der Waals surface area contributed by atoms with Crippen molar-refractivity contribution in [2.24, 2.45) is 0 Å². The number of carbonyl (C=O) groups excluding carboxylic acids is 1. The second kappa shape index (κ2) is 9.60. The van der Waals surface area contributed by atoms with Gasteiger partial charge in [0.1, 0.15) is 5.75 Å². The maximum Gasteiger partial charge on any atom is 0.262 e. The van der Waals surface area contributed by atoms with Gasteiger partial charge in [0.05, 0.1) is 23.8 Å². The average molecular weight is 412 g/mol. The van der Waals surface area contributed by atoms with Crippen molar-refractivity contribution in [3.8, 4) is 5.75 Å². The number of benzene rings is 2. The van der Waals surface area contributed by atoms with Gasteiger partial charge in [-0.05, 0) is 31.5 Å². The van der Waals surface area contributed by atoms with E-state index in [0.29, 0.717) is 22.6 Å². The lowest BCUT2D eigenvalue weighted by Gasteiger charge is -2.18. The number of carbonyl (C=O) groups is 1.